The van der Waals surface area contributed by atoms with E-state index in [0.717, 1.165) is 35.4 Å². The van der Waals surface area contributed by atoms with Gasteiger partial charge in [0.25, 0.3) is 0 Å². The largest absolute Gasteiger partial charge is 0.283 e. The van der Waals surface area contributed by atoms with Crippen LogP contribution in [0.15, 0.2) is 66.7 Å². The number of nitrogens with one attached hydrogen (secondary N) is 1. The van der Waals surface area contributed by atoms with Crippen molar-refractivity contribution in [2.24, 2.45) is 0 Å². The minimum Gasteiger partial charge on any atom is -0.283 e. The summed E-state index contributed by atoms with van der Waals surface area (Å²) in [7, 11) is -3.40. The zero-order valence-corrected chi connectivity index (χ0v) is 21.2. The van der Waals surface area contributed by atoms with E-state index in [1.165, 1.54) is 21.4 Å². The first-order valence-corrected chi connectivity index (χ1v) is 13.5. The lowest BCUT2D eigenvalue weighted by Gasteiger charge is -2.20. The van der Waals surface area contributed by atoms with Crippen molar-refractivity contribution in [2.45, 2.75) is 51.7 Å². The van der Waals surface area contributed by atoms with Gasteiger partial charge in [-0.3, -0.25) is 4.72 Å². The average Bonchev–Trinajstić information content (AvgIpc) is 3.17. The molecular weight excluding hydrogens is 448 g/mol. The molecule has 172 valence electrons. The highest BCUT2D eigenvalue weighted by atomic mass is 32.2. The number of aromatic nitrogens is 1. The lowest BCUT2D eigenvalue weighted by molar-refractivity contribution is 0.566. The third-order valence-corrected chi connectivity index (χ3v) is 8.87. The maximum absolute atomic E-state index is 12.3. The molecule has 1 aromatic heterocycles. The molecular formula is C27H30N2O2S2. The van der Waals surface area contributed by atoms with E-state index in [1.54, 1.807) is 32.1 Å². The molecule has 33 heavy (non-hydrogen) atoms. The van der Waals surface area contributed by atoms with Crippen molar-refractivity contribution in [3.63, 3.8) is 0 Å². The predicted octanol–water partition coefficient (Wildman–Crippen LogP) is 6.99. The monoisotopic (exact) mass is 478 g/mol. The second-order valence-corrected chi connectivity index (χ2v) is 12.9. The molecule has 0 aliphatic rings. The summed E-state index contributed by atoms with van der Waals surface area (Å²) in [5.41, 5.74) is 6.59. The van der Waals surface area contributed by atoms with Gasteiger partial charge in [0.15, 0.2) is 0 Å². The van der Waals surface area contributed by atoms with Crippen molar-refractivity contribution in [2.75, 3.05) is 4.72 Å². The smallest absolute Gasteiger partial charge is 0.237 e. The molecule has 3 aromatic carbocycles. The number of thiazole rings is 1. The molecule has 0 spiro atoms. The Morgan fingerprint density at radius 2 is 1.48 bits per heavy atom. The number of fused-ring (bicyclic) bond motifs is 1. The van der Waals surface area contributed by atoms with Crippen LogP contribution in [-0.2, 0) is 22.9 Å². The van der Waals surface area contributed by atoms with Crippen LogP contribution >= 0.6 is 11.3 Å². The summed E-state index contributed by atoms with van der Waals surface area (Å²) in [6.45, 7) is 7.18. The summed E-state index contributed by atoms with van der Waals surface area (Å²) in [5.74, 6) is 0. The van der Waals surface area contributed by atoms with E-state index in [0.29, 0.717) is 5.69 Å². The molecule has 0 bridgehead atoms. The first-order chi connectivity index (χ1) is 15.6. The van der Waals surface area contributed by atoms with E-state index in [4.69, 9.17) is 4.98 Å². The van der Waals surface area contributed by atoms with Crippen molar-refractivity contribution in [1.82, 2.24) is 4.98 Å². The highest BCUT2D eigenvalue weighted by molar-refractivity contribution is 7.94. The van der Waals surface area contributed by atoms with Gasteiger partial charge in [0.1, 0.15) is 5.01 Å². The van der Waals surface area contributed by atoms with Crippen LogP contribution in [0.4, 0.5) is 5.69 Å². The topological polar surface area (TPSA) is 59.1 Å². The Bertz CT molecular complexity index is 1350. The molecule has 0 amide bonds. The number of hydrogen-bond donors (Lipinski definition) is 1. The van der Waals surface area contributed by atoms with Crippen LogP contribution in [0.5, 0.6) is 0 Å². The van der Waals surface area contributed by atoms with Crippen LogP contribution in [0.2, 0.25) is 0 Å². The molecule has 0 unspecified atom stereocenters. The van der Waals surface area contributed by atoms with Crippen LogP contribution in [0, 0.1) is 6.92 Å². The highest BCUT2D eigenvalue weighted by Gasteiger charge is 2.28. The number of hydrogen-bond acceptors (Lipinski definition) is 4. The van der Waals surface area contributed by atoms with E-state index >= 15 is 0 Å². The van der Waals surface area contributed by atoms with Gasteiger partial charge in [-0.15, -0.1) is 11.3 Å². The second-order valence-electron chi connectivity index (χ2n) is 9.46. The summed E-state index contributed by atoms with van der Waals surface area (Å²) >= 11 is 1.74. The van der Waals surface area contributed by atoms with E-state index in [1.807, 2.05) is 24.3 Å². The first-order valence-electron chi connectivity index (χ1n) is 11.2. The molecule has 6 heteroatoms. The number of nitrogens with zero attached hydrogens (tertiary/aromatic N) is 1. The van der Waals surface area contributed by atoms with E-state index < -0.39 is 14.8 Å². The minimum atomic E-state index is -3.40. The molecule has 4 aromatic rings. The number of aryl methyl sites for hydroxylation is 3. The Balaban J connectivity index is 1.32. The molecule has 1 heterocycles. The Kier molecular flexibility index (Phi) is 6.59. The molecule has 0 saturated carbocycles. The Morgan fingerprint density at radius 3 is 2.09 bits per heavy atom. The van der Waals surface area contributed by atoms with Gasteiger partial charge in [0.2, 0.25) is 10.0 Å². The normalized spacial score (nSPS) is 12.2. The quantitative estimate of drug-likeness (QED) is 0.311. The van der Waals surface area contributed by atoms with E-state index in [-0.39, 0.29) is 0 Å². The fourth-order valence-electron chi connectivity index (χ4n) is 3.51. The number of benzene rings is 3. The molecule has 0 saturated heterocycles. The third-order valence-electron chi connectivity index (χ3n) is 5.69. The molecule has 0 fully saturated rings. The van der Waals surface area contributed by atoms with Crippen molar-refractivity contribution in [3.05, 3.63) is 83.4 Å². The van der Waals surface area contributed by atoms with Crippen molar-refractivity contribution in [3.8, 4) is 10.6 Å². The van der Waals surface area contributed by atoms with Gasteiger partial charge in [-0.1, -0.05) is 42.5 Å². The summed E-state index contributed by atoms with van der Waals surface area (Å²) in [6.07, 6.45) is 2.98. The Morgan fingerprint density at radius 1 is 0.879 bits per heavy atom. The fraction of sp³-hybridized carbons (Fsp3) is 0.296. The van der Waals surface area contributed by atoms with E-state index in [9.17, 15) is 8.42 Å². The summed E-state index contributed by atoms with van der Waals surface area (Å²) in [5, 5.41) is 1.06. The lowest BCUT2D eigenvalue weighted by atomic mass is 10.0. The van der Waals surface area contributed by atoms with Gasteiger partial charge in [0.05, 0.1) is 15.0 Å². The molecule has 0 atom stereocenters. The molecule has 0 aliphatic carbocycles. The number of sulfonamides is 1. The van der Waals surface area contributed by atoms with Gasteiger partial charge >= 0.3 is 0 Å². The lowest BCUT2D eigenvalue weighted by Crippen LogP contribution is -2.33. The number of anilines is 1. The van der Waals surface area contributed by atoms with Gasteiger partial charge in [0, 0.05) is 11.3 Å². The fourth-order valence-corrected chi connectivity index (χ4v) is 5.34. The summed E-state index contributed by atoms with van der Waals surface area (Å²) < 4.78 is 27.6. The zero-order valence-electron chi connectivity index (χ0n) is 19.6. The molecule has 4 nitrogen and oxygen atoms in total. The van der Waals surface area contributed by atoms with Gasteiger partial charge < -0.3 is 0 Å². The van der Waals surface area contributed by atoms with Gasteiger partial charge in [-0.05, 0) is 87.9 Å². The van der Waals surface area contributed by atoms with Crippen molar-refractivity contribution < 1.29 is 8.42 Å². The predicted molar refractivity (Wildman–Crippen MR) is 141 cm³/mol. The Hall–Kier alpha value is -2.70. The maximum Gasteiger partial charge on any atom is 0.237 e. The maximum atomic E-state index is 12.3. The molecule has 0 aliphatic heterocycles. The van der Waals surface area contributed by atoms with Gasteiger partial charge in [-0.25, -0.2) is 13.4 Å². The number of rotatable bonds is 7. The van der Waals surface area contributed by atoms with Crippen LogP contribution < -0.4 is 4.72 Å². The molecule has 1 N–H and O–H groups in total. The summed E-state index contributed by atoms with van der Waals surface area (Å²) in [6, 6.07) is 22.8. The average molecular weight is 479 g/mol. The van der Waals surface area contributed by atoms with Crippen LogP contribution in [0.25, 0.3) is 20.8 Å². The van der Waals surface area contributed by atoms with E-state index in [2.05, 4.69) is 54.1 Å². The Labute approximate surface area is 200 Å². The van der Waals surface area contributed by atoms with Crippen LogP contribution in [-0.4, -0.2) is 18.1 Å². The molecule has 4 rings (SSSR count). The van der Waals surface area contributed by atoms with Gasteiger partial charge in [-0.2, -0.15) is 0 Å². The SMILES string of the molecule is Cc1ccc2nc(-c3ccc(CCCc4ccc(NS(=O)(=O)C(C)(C)C)cc4)cc3)sc2c1. The van der Waals surface area contributed by atoms with Crippen LogP contribution in [0.3, 0.4) is 0 Å². The standard InChI is InChI=1S/C27H30N2O2S2/c1-19-8-17-24-25(18-19)32-26(28-24)22-13-9-20(10-14-22)6-5-7-21-11-15-23(16-12-21)29-33(30,31)27(2,3)4/h8-18,29H,5-7H2,1-4H3. The van der Waals surface area contributed by atoms with Crippen molar-refractivity contribution in [1.29, 1.82) is 0 Å². The van der Waals surface area contributed by atoms with Crippen molar-refractivity contribution >= 4 is 37.3 Å². The summed E-state index contributed by atoms with van der Waals surface area (Å²) in [4.78, 5) is 4.77. The minimum absolute atomic E-state index is 0.606. The van der Waals surface area contributed by atoms with Crippen LogP contribution in [0.1, 0.15) is 43.9 Å². The molecule has 0 radical (unpaired) electrons. The first kappa shape index (κ1) is 23.5. The second kappa shape index (κ2) is 9.27. The zero-order chi connectivity index (χ0) is 23.6. The highest BCUT2D eigenvalue weighted by Crippen LogP contribution is 2.31. The third kappa shape index (κ3) is 5.63.